The van der Waals surface area contributed by atoms with E-state index in [1.54, 1.807) is 0 Å². The van der Waals surface area contributed by atoms with Crippen molar-refractivity contribution < 1.29 is 13.6 Å². The maximum absolute atomic E-state index is 14.0. The van der Waals surface area contributed by atoms with Crippen LogP contribution in [0.15, 0.2) is 30.3 Å². The number of benzene rings is 1. The molecule has 1 aliphatic heterocycles. The van der Waals surface area contributed by atoms with Gasteiger partial charge in [0.2, 0.25) is 0 Å². The second-order valence-electron chi connectivity index (χ2n) is 13.2. The summed E-state index contributed by atoms with van der Waals surface area (Å²) in [5.41, 5.74) is 3.94. The topological polar surface area (TPSA) is 38.8 Å². The van der Waals surface area contributed by atoms with E-state index < -0.39 is 16.6 Å². The van der Waals surface area contributed by atoms with Gasteiger partial charge in [-0.3, -0.25) is 4.79 Å². The Kier molecular flexibility index (Phi) is 11.7. The molecule has 0 saturated carbocycles. The molecule has 1 aromatic rings. The highest BCUT2D eigenvalue weighted by molar-refractivity contribution is 6.78. The lowest BCUT2D eigenvalue weighted by Crippen LogP contribution is -2.53. The third kappa shape index (κ3) is 6.62. The molecule has 1 aromatic carbocycles. The average Bonchev–Trinajstić information content (AvgIpc) is 3.21. The first-order valence-corrected chi connectivity index (χ1v) is 19.2. The third-order valence-corrected chi connectivity index (χ3v) is 21.5. The normalized spacial score (nSPS) is 19.5. The van der Waals surface area contributed by atoms with Gasteiger partial charge in [-0.25, -0.2) is 0 Å². The standard InChI is InChI=1S/C31H57NO3Si2/c1-22(2)36(23(3)4,24(5)6)34-20-29-18-19-30(32(29)31(33)28-16-14-13-15-17-28)21-35-37(25(7)8,26(9)10)27(11)12/h13-17,22-27,29-30H,18-21H2,1-12H3/t29-,30-/m1/s1. The SMILES string of the molecule is CC(C)[Si](OC[C@H]1CC[C@H](CO[Si](C(C)C)(C(C)C)C(C)C)N1C(=O)c1ccccc1)(C(C)C)C(C)C. The number of likely N-dealkylation sites (tertiary alicyclic amines) is 1. The van der Waals surface area contributed by atoms with Crippen molar-refractivity contribution >= 4 is 22.5 Å². The van der Waals surface area contributed by atoms with Gasteiger partial charge in [0.15, 0.2) is 16.6 Å². The number of carbonyl (C=O) groups is 1. The van der Waals surface area contributed by atoms with Crippen LogP contribution in [-0.2, 0) is 8.85 Å². The fourth-order valence-corrected chi connectivity index (χ4v) is 18.8. The van der Waals surface area contributed by atoms with Crippen LogP contribution >= 0.6 is 0 Å². The monoisotopic (exact) mass is 547 g/mol. The lowest BCUT2D eigenvalue weighted by Gasteiger charge is -2.44. The zero-order chi connectivity index (χ0) is 28.1. The van der Waals surface area contributed by atoms with Crippen LogP contribution in [0, 0.1) is 0 Å². The molecule has 1 saturated heterocycles. The number of hydrogen-bond acceptors (Lipinski definition) is 3. The molecule has 1 aliphatic rings. The smallest absolute Gasteiger partial charge is 0.254 e. The lowest BCUT2D eigenvalue weighted by atomic mass is 10.1. The number of amides is 1. The largest absolute Gasteiger partial charge is 0.414 e. The van der Waals surface area contributed by atoms with Gasteiger partial charge in [-0.2, -0.15) is 0 Å². The van der Waals surface area contributed by atoms with Crippen molar-refractivity contribution in [2.75, 3.05) is 13.2 Å². The van der Waals surface area contributed by atoms with Gasteiger partial charge in [0.25, 0.3) is 5.91 Å². The van der Waals surface area contributed by atoms with Crippen LogP contribution in [0.3, 0.4) is 0 Å². The Balaban J connectivity index is 2.36. The molecule has 0 unspecified atom stereocenters. The van der Waals surface area contributed by atoms with Crippen molar-refractivity contribution in [3.8, 4) is 0 Å². The second kappa shape index (κ2) is 13.4. The fraction of sp³-hybridized carbons (Fsp3) is 0.774. The molecule has 212 valence electrons. The van der Waals surface area contributed by atoms with E-state index in [0.29, 0.717) is 46.5 Å². The van der Waals surface area contributed by atoms with Crippen LogP contribution in [0.25, 0.3) is 0 Å². The zero-order valence-corrected chi connectivity index (χ0v) is 28.0. The Morgan fingerprint density at radius 3 is 1.30 bits per heavy atom. The van der Waals surface area contributed by atoms with Crippen molar-refractivity contribution in [2.45, 2.75) is 141 Å². The summed E-state index contributed by atoms with van der Waals surface area (Å²) in [5.74, 6) is 0.122. The molecular weight excluding hydrogens is 491 g/mol. The molecule has 1 amide bonds. The van der Waals surface area contributed by atoms with Crippen LogP contribution in [0.2, 0.25) is 33.2 Å². The van der Waals surface area contributed by atoms with Crippen molar-refractivity contribution in [1.82, 2.24) is 4.90 Å². The van der Waals surface area contributed by atoms with Crippen molar-refractivity contribution in [1.29, 1.82) is 0 Å². The van der Waals surface area contributed by atoms with E-state index in [1.165, 1.54) is 0 Å². The van der Waals surface area contributed by atoms with Crippen LogP contribution < -0.4 is 0 Å². The predicted molar refractivity (Wildman–Crippen MR) is 163 cm³/mol. The quantitative estimate of drug-likeness (QED) is 0.231. The second-order valence-corrected chi connectivity index (χ2v) is 24.1. The molecule has 0 radical (unpaired) electrons. The first kappa shape index (κ1) is 32.3. The van der Waals surface area contributed by atoms with Crippen LogP contribution in [0.1, 0.15) is 106 Å². The van der Waals surface area contributed by atoms with Gasteiger partial charge in [-0.1, -0.05) is 101 Å². The molecule has 0 aromatic heterocycles. The molecule has 0 N–H and O–H groups in total. The number of carbonyl (C=O) groups excluding carboxylic acids is 1. The predicted octanol–water partition coefficient (Wildman–Crippen LogP) is 9.04. The van der Waals surface area contributed by atoms with E-state index in [1.807, 2.05) is 30.3 Å². The molecule has 0 spiro atoms. The Morgan fingerprint density at radius 1 is 0.676 bits per heavy atom. The molecule has 4 nitrogen and oxygen atoms in total. The van der Waals surface area contributed by atoms with Crippen molar-refractivity contribution in [2.24, 2.45) is 0 Å². The van der Waals surface area contributed by atoms with Crippen LogP contribution in [0.4, 0.5) is 0 Å². The Hall–Kier alpha value is -0.956. The van der Waals surface area contributed by atoms with Crippen LogP contribution in [0.5, 0.6) is 0 Å². The number of nitrogens with zero attached hydrogens (tertiary/aromatic N) is 1. The minimum atomic E-state index is -2.02. The summed E-state index contributed by atoms with van der Waals surface area (Å²) >= 11 is 0. The van der Waals surface area contributed by atoms with Gasteiger partial charge in [0.05, 0.1) is 25.3 Å². The Labute approximate surface area is 231 Å². The minimum Gasteiger partial charge on any atom is -0.414 e. The summed E-state index contributed by atoms with van der Waals surface area (Å²) in [7, 11) is -4.03. The van der Waals surface area contributed by atoms with Gasteiger partial charge in [-0.05, 0) is 58.2 Å². The Bertz CT molecular complexity index is 751. The summed E-state index contributed by atoms with van der Waals surface area (Å²) in [6, 6.07) is 9.98. The lowest BCUT2D eigenvalue weighted by molar-refractivity contribution is 0.0531. The molecule has 2 rings (SSSR count). The number of rotatable bonds is 13. The average molecular weight is 548 g/mol. The number of hydrogen-bond donors (Lipinski definition) is 0. The highest BCUT2D eigenvalue weighted by Gasteiger charge is 2.49. The summed E-state index contributed by atoms with van der Waals surface area (Å²) in [4.78, 5) is 16.1. The van der Waals surface area contributed by atoms with Gasteiger partial charge in [0, 0.05) is 5.56 Å². The van der Waals surface area contributed by atoms with E-state index in [2.05, 4.69) is 88.0 Å². The highest BCUT2D eigenvalue weighted by Crippen LogP contribution is 2.44. The first-order chi connectivity index (χ1) is 17.2. The van der Waals surface area contributed by atoms with Gasteiger partial charge >= 0.3 is 0 Å². The van der Waals surface area contributed by atoms with E-state index in [4.69, 9.17) is 8.85 Å². The van der Waals surface area contributed by atoms with Crippen LogP contribution in [-0.4, -0.2) is 52.7 Å². The maximum Gasteiger partial charge on any atom is 0.254 e. The molecule has 0 aliphatic carbocycles. The van der Waals surface area contributed by atoms with Crippen molar-refractivity contribution in [3.05, 3.63) is 35.9 Å². The molecule has 37 heavy (non-hydrogen) atoms. The van der Waals surface area contributed by atoms with Gasteiger partial charge in [-0.15, -0.1) is 0 Å². The zero-order valence-electron chi connectivity index (χ0n) is 26.0. The van der Waals surface area contributed by atoms with Gasteiger partial charge < -0.3 is 13.8 Å². The summed E-state index contributed by atoms with van der Waals surface area (Å²) < 4.78 is 14.1. The minimum absolute atomic E-state index is 0.0950. The molecule has 1 heterocycles. The molecule has 6 heteroatoms. The molecule has 2 atom stereocenters. The van der Waals surface area contributed by atoms with E-state index in [9.17, 15) is 4.79 Å². The third-order valence-electron chi connectivity index (χ3n) is 9.34. The molecule has 1 fully saturated rings. The maximum atomic E-state index is 14.0. The van der Waals surface area contributed by atoms with E-state index >= 15 is 0 Å². The highest BCUT2D eigenvalue weighted by atomic mass is 28.4. The van der Waals surface area contributed by atoms with E-state index in [-0.39, 0.29) is 18.0 Å². The molecular formula is C31H57NO3Si2. The van der Waals surface area contributed by atoms with E-state index in [0.717, 1.165) is 18.4 Å². The van der Waals surface area contributed by atoms with Gasteiger partial charge in [0.1, 0.15) is 0 Å². The fourth-order valence-electron chi connectivity index (χ4n) is 7.83. The van der Waals surface area contributed by atoms with Crippen molar-refractivity contribution in [3.63, 3.8) is 0 Å². The first-order valence-electron chi connectivity index (χ1n) is 14.9. The Morgan fingerprint density at radius 2 is 1.00 bits per heavy atom. The summed E-state index contributed by atoms with van der Waals surface area (Å²) in [5, 5.41) is 0. The summed E-state index contributed by atoms with van der Waals surface area (Å²) in [6.07, 6.45) is 1.95. The summed E-state index contributed by atoms with van der Waals surface area (Å²) in [6.45, 7) is 29.3. The molecule has 0 bridgehead atoms.